The molecule has 2 aromatic heterocycles. The molecule has 12 heteroatoms. The van der Waals surface area contributed by atoms with Crippen LogP contribution in [0.4, 0.5) is 11.4 Å². The van der Waals surface area contributed by atoms with Gasteiger partial charge in [-0.25, -0.2) is 23.9 Å². The summed E-state index contributed by atoms with van der Waals surface area (Å²) in [7, 11) is 0. The number of fused-ring (bicyclic) bond motifs is 2. The van der Waals surface area contributed by atoms with E-state index < -0.39 is 11.2 Å². The van der Waals surface area contributed by atoms with Gasteiger partial charge in [-0.15, -0.1) is 0 Å². The van der Waals surface area contributed by atoms with Crippen LogP contribution < -0.4 is 15.8 Å². The number of benzene rings is 1. The molecule has 0 spiro atoms. The first-order chi connectivity index (χ1) is 18.4. The monoisotopic (exact) mass is 509 g/mol. The van der Waals surface area contributed by atoms with Gasteiger partial charge in [-0.2, -0.15) is 4.98 Å². The van der Waals surface area contributed by atoms with Crippen molar-refractivity contribution in [3.63, 3.8) is 0 Å². The average molecular weight is 510 g/mol. The molecule has 2 aliphatic heterocycles. The minimum Gasteiger partial charge on any atom is -0.335 e. The van der Waals surface area contributed by atoms with E-state index in [9.17, 15) is 9.59 Å². The van der Waals surface area contributed by atoms with Crippen LogP contribution in [0.5, 0.6) is 0 Å². The van der Waals surface area contributed by atoms with E-state index in [-0.39, 0.29) is 22.9 Å². The fraction of sp³-hybridized carbons (Fsp3) is 0.308. The van der Waals surface area contributed by atoms with Crippen molar-refractivity contribution in [1.82, 2.24) is 33.6 Å². The standard InChI is InChI=1S/C26H24N10O2/c1-5-18(12-17(2)34-7-6-29-15-34)35-10-8-33(16-35)9-11-36-22-14-20(28-4)19(27-3)13-21(22)30-23-24(36)31-26(38)32-25(23)37/h6-8,10,13-18H,5,9,11-12H2,1-2H3/p+1. The van der Waals surface area contributed by atoms with Crippen molar-refractivity contribution in [3.8, 4) is 11.5 Å². The zero-order valence-electron chi connectivity index (χ0n) is 20.9. The van der Waals surface area contributed by atoms with Gasteiger partial charge >= 0.3 is 5.69 Å². The predicted molar refractivity (Wildman–Crippen MR) is 139 cm³/mol. The molecule has 3 aromatic rings. The summed E-state index contributed by atoms with van der Waals surface area (Å²) in [6.45, 7) is 20.1. The van der Waals surface area contributed by atoms with Crippen molar-refractivity contribution in [2.75, 3.05) is 0 Å². The molecule has 1 aromatic carbocycles. The molecule has 0 aliphatic carbocycles. The van der Waals surface area contributed by atoms with E-state index in [1.165, 1.54) is 6.07 Å². The quantitative estimate of drug-likeness (QED) is 0.196. The predicted octanol–water partition coefficient (Wildman–Crippen LogP) is 3.27. The topological polar surface area (TPSA) is 116 Å². The molecule has 2 aliphatic rings. The Labute approximate surface area is 217 Å². The Bertz CT molecular complexity index is 1780. The number of aromatic amines is 1. The molecule has 5 rings (SSSR count). The zero-order chi connectivity index (χ0) is 26.8. The molecular formula is C26H25N10O2+. The molecule has 190 valence electrons. The van der Waals surface area contributed by atoms with Crippen molar-refractivity contribution in [1.29, 1.82) is 0 Å². The molecule has 4 heterocycles. The highest BCUT2D eigenvalue weighted by atomic mass is 16.2. The van der Waals surface area contributed by atoms with Crippen LogP contribution in [0.2, 0.25) is 0 Å². The highest BCUT2D eigenvalue weighted by Gasteiger charge is 2.22. The number of nitrogens with zero attached hydrogens (tertiary/aromatic N) is 9. The van der Waals surface area contributed by atoms with E-state index in [0.717, 1.165) is 12.8 Å². The Balaban J connectivity index is 1.49. The van der Waals surface area contributed by atoms with Crippen LogP contribution in [0.1, 0.15) is 38.8 Å². The van der Waals surface area contributed by atoms with Gasteiger partial charge in [-0.1, -0.05) is 6.92 Å². The van der Waals surface area contributed by atoms with Gasteiger partial charge in [0.05, 0.1) is 37.0 Å². The number of H-pyrrole nitrogens is 1. The van der Waals surface area contributed by atoms with Crippen LogP contribution in [0.15, 0.2) is 59.2 Å². The fourth-order valence-corrected chi connectivity index (χ4v) is 4.74. The number of aromatic nitrogens is 8. The Hall–Kier alpha value is -5.10. The zero-order valence-corrected chi connectivity index (χ0v) is 20.9. The second-order valence-electron chi connectivity index (χ2n) is 9.12. The maximum Gasteiger partial charge on any atom is 0.349 e. The van der Waals surface area contributed by atoms with Crippen molar-refractivity contribution >= 4 is 22.4 Å². The first-order valence-corrected chi connectivity index (χ1v) is 12.2. The lowest BCUT2D eigenvalue weighted by Crippen LogP contribution is -2.35. The maximum absolute atomic E-state index is 12.5. The lowest BCUT2D eigenvalue weighted by atomic mass is 10.1. The number of nitrogens with one attached hydrogen (secondary N) is 1. The van der Waals surface area contributed by atoms with Gasteiger partial charge in [0.1, 0.15) is 25.0 Å². The summed E-state index contributed by atoms with van der Waals surface area (Å²) in [6.07, 6.45) is 13.6. The lowest BCUT2D eigenvalue weighted by Gasteiger charge is -2.18. The first-order valence-electron chi connectivity index (χ1n) is 12.2. The molecule has 0 saturated heterocycles. The van der Waals surface area contributed by atoms with E-state index in [2.05, 4.69) is 52.6 Å². The molecule has 0 saturated carbocycles. The number of hydrogen-bond donors (Lipinski definition) is 1. The van der Waals surface area contributed by atoms with Gasteiger partial charge in [-0.05, 0) is 25.5 Å². The summed E-state index contributed by atoms with van der Waals surface area (Å²) < 4.78 is 8.05. The summed E-state index contributed by atoms with van der Waals surface area (Å²) in [4.78, 5) is 46.2. The third-order valence-electron chi connectivity index (χ3n) is 6.78. The van der Waals surface area contributed by atoms with Crippen LogP contribution >= 0.6 is 0 Å². The minimum atomic E-state index is -0.766. The first kappa shape index (κ1) is 24.6. The van der Waals surface area contributed by atoms with Crippen LogP contribution in [0.25, 0.3) is 32.2 Å². The largest absolute Gasteiger partial charge is 0.349 e. The highest BCUT2D eigenvalue weighted by Crippen LogP contribution is 2.34. The number of imidazole rings is 2. The molecule has 0 fully saturated rings. The van der Waals surface area contributed by atoms with E-state index in [1.807, 2.05) is 35.8 Å². The molecule has 0 amide bonds. The van der Waals surface area contributed by atoms with E-state index in [4.69, 9.17) is 13.1 Å². The van der Waals surface area contributed by atoms with Gasteiger partial charge < -0.3 is 9.13 Å². The number of hydrogen-bond acceptors (Lipinski definition) is 5. The van der Waals surface area contributed by atoms with E-state index >= 15 is 0 Å². The molecule has 1 N–H and O–H groups in total. The Morgan fingerprint density at radius 3 is 2.61 bits per heavy atom. The minimum absolute atomic E-state index is 0.00528. The third kappa shape index (κ3) is 4.55. The van der Waals surface area contributed by atoms with E-state index in [0.29, 0.717) is 36.2 Å². The molecule has 2 atom stereocenters. The molecule has 0 bridgehead atoms. The Morgan fingerprint density at radius 1 is 1.11 bits per heavy atom. The number of rotatable bonds is 8. The average Bonchev–Trinajstić information content (AvgIpc) is 3.62. The second kappa shape index (κ2) is 10.1. The van der Waals surface area contributed by atoms with Gasteiger partial charge in [0.25, 0.3) is 5.56 Å². The SMILES string of the molecule is [C-]#[N+]c1cc2nc3c(=O)[nH]c(=O)nc-3n(CC[n+]3ccn(C(CC)CC(C)n4ccnc4)c3)c2cc1[N+]#[C-]. The van der Waals surface area contributed by atoms with Gasteiger partial charge in [-0.3, -0.25) is 19.5 Å². The summed E-state index contributed by atoms with van der Waals surface area (Å²) in [6, 6.07) is 3.65. The molecular weight excluding hydrogens is 484 g/mol. The molecule has 12 nitrogen and oxygen atoms in total. The second-order valence-corrected chi connectivity index (χ2v) is 9.12. The van der Waals surface area contributed by atoms with Crippen molar-refractivity contribution in [2.24, 2.45) is 0 Å². The van der Waals surface area contributed by atoms with Crippen molar-refractivity contribution in [2.45, 2.75) is 51.9 Å². The Morgan fingerprint density at radius 2 is 1.89 bits per heavy atom. The molecule has 38 heavy (non-hydrogen) atoms. The maximum atomic E-state index is 12.5. The van der Waals surface area contributed by atoms with Crippen LogP contribution in [-0.4, -0.2) is 33.6 Å². The van der Waals surface area contributed by atoms with Crippen LogP contribution in [0, 0.1) is 13.1 Å². The fourth-order valence-electron chi connectivity index (χ4n) is 4.74. The molecule has 2 unspecified atom stereocenters. The summed E-state index contributed by atoms with van der Waals surface area (Å²) in [5.74, 6) is 0.137. The van der Waals surface area contributed by atoms with Crippen LogP contribution in [-0.2, 0) is 13.1 Å². The lowest BCUT2D eigenvalue weighted by molar-refractivity contribution is -0.697. The van der Waals surface area contributed by atoms with Gasteiger partial charge in [0.2, 0.25) is 6.33 Å². The smallest absolute Gasteiger partial charge is 0.335 e. The molecule has 0 radical (unpaired) electrons. The van der Waals surface area contributed by atoms with Gasteiger partial charge in [0.15, 0.2) is 22.9 Å². The number of aryl methyl sites for hydroxylation is 2. The van der Waals surface area contributed by atoms with Gasteiger partial charge in [0, 0.05) is 24.9 Å². The summed E-state index contributed by atoms with van der Waals surface area (Å²) in [5, 5.41) is 0. The Kier molecular flexibility index (Phi) is 6.54. The van der Waals surface area contributed by atoms with Crippen molar-refractivity contribution < 1.29 is 4.57 Å². The summed E-state index contributed by atoms with van der Waals surface area (Å²) in [5.41, 5.74) is -0.185. The normalized spacial score (nSPS) is 12.8. The van der Waals surface area contributed by atoms with E-state index in [1.54, 1.807) is 16.8 Å². The third-order valence-corrected chi connectivity index (χ3v) is 6.78. The van der Waals surface area contributed by atoms with Crippen molar-refractivity contribution in [3.05, 3.63) is 93.2 Å². The highest BCUT2D eigenvalue weighted by molar-refractivity contribution is 5.90. The van der Waals surface area contributed by atoms with Crippen LogP contribution in [0.3, 0.4) is 0 Å². The summed E-state index contributed by atoms with van der Waals surface area (Å²) >= 11 is 0.